The Balaban J connectivity index is 1.38. The summed E-state index contributed by atoms with van der Waals surface area (Å²) in [6.07, 6.45) is 2.14. The summed E-state index contributed by atoms with van der Waals surface area (Å²) in [5.74, 6) is 0.416. The molecule has 0 bridgehead atoms. The second kappa shape index (κ2) is 8.12. The summed E-state index contributed by atoms with van der Waals surface area (Å²) in [6, 6.07) is 14.3. The summed E-state index contributed by atoms with van der Waals surface area (Å²) in [5.41, 5.74) is 1.83. The molecule has 2 aromatic carbocycles. The van der Waals surface area contributed by atoms with E-state index in [0.717, 1.165) is 17.7 Å². The fourth-order valence-corrected chi connectivity index (χ4v) is 4.24. The molecule has 5 nitrogen and oxygen atoms in total. The number of ether oxygens (including phenoxy) is 1. The van der Waals surface area contributed by atoms with Crippen molar-refractivity contribution in [2.45, 2.75) is 38.3 Å². The number of carbonyl (C=O) groups excluding carboxylic acids is 1. The van der Waals surface area contributed by atoms with Gasteiger partial charge in [0.1, 0.15) is 11.6 Å². The minimum Gasteiger partial charge on any atom is -0.490 e. The van der Waals surface area contributed by atoms with E-state index in [2.05, 4.69) is 5.32 Å². The highest BCUT2D eigenvalue weighted by molar-refractivity contribution is 5.79. The van der Waals surface area contributed by atoms with Crippen LogP contribution in [0.1, 0.15) is 43.4 Å². The number of hydrogen-bond donors (Lipinski definition) is 1. The van der Waals surface area contributed by atoms with Crippen LogP contribution in [-0.2, 0) is 4.79 Å². The SMILES string of the molecule is C[C@@H]1C[C@@H](NC(=O)C2CCN(c3ccc(C#N)cc3F)CC2)c2ccccc2O1. The maximum absolute atomic E-state index is 14.3. The van der Waals surface area contributed by atoms with E-state index in [1.165, 1.54) is 6.07 Å². The molecular formula is C23H24FN3O2. The third-order valence-corrected chi connectivity index (χ3v) is 5.79. The molecule has 2 aliphatic heterocycles. The molecule has 0 aromatic heterocycles. The van der Waals surface area contributed by atoms with Crippen LogP contribution in [0.5, 0.6) is 5.75 Å². The van der Waals surface area contributed by atoms with Crippen molar-refractivity contribution in [2.24, 2.45) is 5.92 Å². The summed E-state index contributed by atoms with van der Waals surface area (Å²) in [6.45, 7) is 3.24. The molecule has 29 heavy (non-hydrogen) atoms. The van der Waals surface area contributed by atoms with E-state index in [4.69, 9.17) is 10.00 Å². The van der Waals surface area contributed by atoms with Crippen LogP contribution in [0.25, 0.3) is 0 Å². The van der Waals surface area contributed by atoms with Gasteiger partial charge in [0.2, 0.25) is 5.91 Å². The largest absolute Gasteiger partial charge is 0.490 e. The van der Waals surface area contributed by atoms with E-state index in [1.807, 2.05) is 42.2 Å². The predicted octanol–water partition coefficient (Wildman–Crippen LogP) is 3.94. The molecule has 150 valence electrons. The third kappa shape index (κ3) is 4.04. The molecule has 4 rings (SSSR count). The van der Waals surface area contributed by atoms with Gasteiger partial charge in [-0.1, -0.05) is 18.2 Å². The Morgan fingerprint density at radius 1 is 1.24 bits per heavy atom. The molecule has 0 spiro atoms. The first kappa shape index (κ1) is 19.3. The Kier molecular flexibility index (Phi) is 5.39. The molecule has 2 aliphatic rings. The number of nitrogens with zero attached hydrogens (tertiary/aromatic N) is 2. The van der Waals surface area contributed by atoms with Gasteiger partial charge in [-0.2, -0.15) is 5.26 Å². The number of para-hydroxylation sites is 1. The van der Waals surface area contributed by atoms with Gasteiger partial charge in [-0.25, -0.2) is 4.39 Å². The number of rotatable bonds is 3. The van der Waals surface area contributed by atoms with Crippen LogP contribution in [0, 0.1) is 23.1 Å². The Hall–Kier alpha value is -3.07. The third-order valence-electron chi connectivity index (χ3n) is 5.79. The zero-order chi connectivity index (χ0) is 20.4. The number of piperidine rings is 1. The summed E-state index contributed by atoms with van der Waals surface area (Å²) >= 11 is 0. The molecule has 2 heterocycles. The van der Waals surface area contributed by atoms with Gasteiger partial charge in [0.05, 0.1) is 29.5 Å². The number of nitrogens with one attached hydrogen (secondary N) is 1. The van der Waals surface area contributed by atoms with Crippen molar-refractivity contribution in [1.82, 2.24) is 5.32 Å². The van der Waals surface area contributed by atoms with Gasteiger partial charge in [-0.3, -0.25) is 4.79 Å². The van der Waals surface area contributed by atoms with Crippen LogP contribution in [0.15, 0.2) is 42.5 Å². The molecule has 0 saturated carbocycles. The van der Waals surface area contributed by atoms with E-state index in [9.17, 15) is 9.18 Å². The Morgan fingerprint density at radius 3 is 2.72 bits per heavy atom. The lowest BCUT2D eigenvalue weighted by Crippen LogP contribution is -2.43. The molecule has 1 fully saturated rings. The van der Waals surface area contributed by atoms with Crippen molar-refractivity contribution in [2.75, 3.05) is 18.0 Å². The summed E-state index contributed by atoms with van der Waals surface area (Å²) < 4.78 is 20.1. The van der Waals surface area contributed by atoms with Gasteiger partial charge < -0.3 is 15.0 Å². The zero-order valence-electron chi connectivity index (χ0n) is 16.4. The number of fused-ring (bicyclic) bond motifs is 1. The maximum atomic E-state index is 14.3. The first-order valence-electron chi connectivity index (χ1n) is 10.1. The second-order valence-electron chi connectivity index (χ2n) is 7.80. The lowest BCUT2D eigenvalue weighted by Gasteiger charge is -2.35. The molecule has 1 saturated heterocycles. The van der Waals surface area contributed by atoms with Crippen molar-refractivity contribution >= 4 is 11.6 Å². The molecule has 0 aliphatic carbocycles. The standard InChI is InChI=1S/C23H24FN3O2/c1-15-12-20(18-4-2-3-5-22(18)29-15)26-23(28)17-8-10-27(11-9-17)21-7-6-16(14-25)13-19(21)24/h2-7,13,15,17,20H,8-12H2,1H3,(H,26,28)/t15-,20-/m1/s1. The van der Waals surface area contributed by atoms with Gasteiger partial charge in [0.15, 0.2) is 0 Å². The Bertz CT molecular complexity index is 947. The van der Waals surface area contributed by atoms with Crippen molar-refractivity contribution in [3.63, 3.8) is 0 Å². The first-order chi connectivity index (χ1) is 14.0. The second-order valence-corrected chi connectivity index (χ2v) is 7.80. The number of nitriles is 1. The van der Waals surface area contributed by atoms with Crippen LogP contribution in [0.3, 0.4) is 0 Å². The van der Waals surface area contributed by atoms with Crippen molar-refractivity contribution in [3.05, 3.63) is 59.4 Å². The number of amides is 1. The molecule has 6 heteroatoms. The lowest BCUT2D eigenvalue weighted by molar-refractivity contribution is -0.126. The first-order valence-corrected chi connectivity index (χ1v) is 10.1. The molecule has 1 amide bonds. The lowest BCUT2D eigenvalue weighted by atomic mass is 9.92. The van der Waals surface area contributed by atoms with Crippen molar-refractivity contribution in [3.8, 4) is 11.8 Å². The van der Waals surface area contributed by atoms with Gasteiger partial charge >= 0.3 is 0 Å². The van der Waals surface area contributed by atoms with Crippen LogP contribution >= 0.6 is 0 Å². The quantitative estimate of drug-likeness (QED) is 0.858. The smallest absolute Gasteiger partial charge is 0.223 e. The van der Waals surface area contributed by atoms with E-state index < -0.39 is 0 Å². The number of benzene rings is 2. The van der Waals surface area contributed by atoms with E-state index in [0.29, 0.717) is 37.2 Å². The molecule has 0 radical (unpaired) electrons. The molecular weight excluding hydrogens is 369 g/mol. The van der Waals surface area contributed by atoms with Crippen LogP contribution < -0.4 is 15.0 Å². The van der Waals surface area contributed by atoms with E-state index >= 15 is 0 Å². The highest BCUT2D eigenvalue weighted by atomic mass is 19.1. The van der Waals surface area contributed by atoms with E-state index in [-0.39, 0.29) is 29.8 Å². The summed E-state index contributed by atoms with van der Waals surface area (Å²) in [7, 11) is 0. The fourth-order valence-electron chi connectivity index (χ4n) is 4.24. The monoisotopic (exact) mass is 393 g/mol. The number of hydrogen-bond acceptors (Lipinski definition) is 4. The van der Waals surface area contributed by atoms with Crippen LogP contribution in [-0.4, -0.2) is 25.1 Å². The highest BCUT2D eigenvalue weighted by Gasteiger charge is 2.31. The van der Waals surface area contributed by atoms with Gasteiger partial charge in [0.25, 0.3) is 0 Å². The van der Waals surface area contributed by atoms with Gasteiger partial charge in [-0.15, -0.1) is 0 Å². The average Bonchev–Trinajstić information content (AvgIpc) is 2.73. The highest BCUT2D eigenvalue weighted by Crippen LogP contribution is 2.35. The van der Waals surface area contributed by atoms with Gasteiger partial charge in [-0.05, 0) is 44.0 Å². The zero-order valence-corrected chi connectivity index (χ0v) is 16.4. The normalized spacial score (nSPS) is 21.6. The number of carbonyl (C=O) groups is 1. The topological polar surface area (TPSA) is 65.4 Å². The minimum absolute atomic E-state index is 0.0450. The number of halogens is 1. The molecule has 0 unspecified atom stereocenters. The van der Waals surface area contributed by atoms with Crippen LogP contribution in [0.2, 0.25) is 0 Å². The Morgan fingerprint density at radius 2 is 2.00 bits per heavy atom. The van der Waals surface area contributed by atoms with Gasteiger partial charge in [0, 0.05) is 31.0 Å². The fraction of sp³-hybridized carbons (Fsp3) is 0.391. The van der Waals surface area contributed by atoms with Crippen molar-refractivity contribution in [1.29, 1.82) is 5.26 Å². The average molecular weight is 393 g/mol. The maximum Gasteiger partial charge on any atom is 0.223 e. The van der Waals surface area contributed by atoms with E-state index in [1.54, 1.807) is 12.1 Å². The summed E-state index contributed by atoms with van der Waals surface area (Å²) in [4.78, 5) is 14.8. The Labute approximate surface area is 170 Å². The summed E-state index contributed by atoms with van der Waals surface area (Å²) in [5, 5.41) is 12.1. The molecule has 1 N–H and O–H groups in total. The minimum atomic E-state index is -0.389. The predicted molar refractivity (Wildman–Crippen MR) is 108 cm³/mol. The van der Waals surface area contributed by atoms with Crippen LogP contribution in [0.4, 0.5) is 10.1 Å². The molecule has 2 atom stereocenters. The number of anilines is 1. The van der Waals surface area contributed by atoms with Crippen molar-refractivity contribution < 1.29 is 13.9 Å². The molecule has 2 aromatic rings.